The molecule has 82 valence electrons. The van der Waals surface area contributed by atoms with Crippen molar-refractivity contribution in [3.8, 4) is 6.07 Å². The summed E-state index contributed by atoms with van der Waals surface area (Å²) >= 11 is 7.13. The van der Waals surface area contributed by atoms with E-state index < -0.39 is 0 Å². The first-order valence-electron chi connectivity index (χ1n) is 4.63. The third-order valence-corrected chi connectivity index (χ3v) is 2.89. The highest BCUT2D eigenvalue weighted by molar-refractivity contribution is 8.13. The van der Waals surface area contributed by atoms with Gasteiger partial charge in [-0.25, -0.2) is 0 Å². The van der Waals surface area contributed by atoms with E-state index in [-0.39, 0.29) is 5.12 Å². The largest absolute Gasteiger partial charge is 0.288 e. The van der Waals surface area contributed by atoms with Crippen molar-refractivity contribution in [2.24, 2.45) is 0 Å². The summed E-state index contributed by atoms with van der Waals surface area (Å²) in [5.74, 6) is 0.646. The molecule has 0 spiro atoms. The molecule has 0 radical (unpaired) electrons. The maximum atomic E-state index is 10.7. The fourth-order valence-electron chi connectivity index (χ4n) is 1.08. The molecule has 2 nitrogen and oxygen atoms in total. The molecule has 0 aromatic heterocycles. The standard InChI is InChI=1S/C12H10ClNOS/c1-9(15)16-6-2-3-10-4-5-11(8-14)12(13)7-10/h2-5,7H,6H2,1H3. The van der Waals surface area contributed by atoms with E-state index in [0.29, 0.717) is 16.3 Å². The first-order chi connectivity index (χ1) is 7.63. The number of nitrogens with zero attached hydrogens (tertiary/aromatic N) is 1. The van der Waals surface area contributed by atoms with Crippen molar-refractivity contribution < 1.29 is 4.79 Å². The van der Waals surface area contributed by atoms with Crippen LogP contribution in [-0.4, -0.2) is 10.9 Å². The molecule has 1 aromatic carbocycles. The van der Waals surface area contributed by atoms with E-state index in [1.165, 1.54) is 18.7 Å². The van der Waals surface area contributed by atoms with Gasteiger partial charge in [-0.05, 0) is 17.7 Å². The molecular formula is C12H10ClNOS. The van der Waals surface area contributed by atoms with Crippen LogP contribution in [0.25, 0.3) is 6.08 Å². The van der Waals surface area contributed by atoms with Crippen LogP contribution in [0.15, 0.2) is 24.3 Å². The number of thioether (sulfide) groups is 1. The molecule has 0 unspecified atom stereocenters. The van der Waals surface area contributed by atoms with E-state index in [0.717, 1.165) is 5.56 Å². The number of carbonyl (C=O) groups is 1. The molecule has 0 amide bonds. The lowest BCUT2D eigenvalue weighted by Gasteiger charge is -1.97. The van der Waals surface area contributed by atoms with Crippen molar-refractivity contribution >= 4 is 34.6 Å². The lowest BCUT2D eigenvalue weighted by Crippen LogP contribution is -1.82. The quantitative estimate of drug-likeness (QED) is 0.826. The third-order valence-electron chi connectivity index (χ3n) is 1.81. The fourth-order valence-corrected chi connectivity index (χ4v) is 1.73. The number of benzene rings is 1. The number of rotatable bonds is 3. The van der Waals surface area contributed by atoms with Gasteiger partial charge in [-0.3, -0.25) is 4.79 Å². The van der Waals surface area contributed by atoms with E-state index in [2.05, 4.69) is 0 Å². The van der Waals surface area contributed by atoms with Gasteiger partial charge in [-0.15, -0.1) is 0 Å². The minimum absolute atomic E-state index is 0.0995. The summed E-state index contributed by atoms with van der Waals surface area (Å²) in [5.41, 5.74) is 1.39. The van der Waals surface area contributed by atoms with Crippen LogP contribution in [0.3, 0.4) is 0 Å². The van der Waals surface area contributed by atoms with Crippen molar-refractivity contribution in [1.82, 2.24) is 0 Å². The molecule has 4 heteroatoms. The smallest absolute Gasteiger partial charge is 0.186 e. The summed E-state index contributed by atoms with van der Waals surface area (Å²) < 4.78 is 0. The van der Waals surface area contributed by atoms with Crippen molar-refractivity contribution in [1.29, 1.82) is 5.26 Å². The molecule has 0 saturated carbocycles. The average molecular weight is 252 g/mol. The molecule has 0 aliphatic rings. The SMILES string of the molecule is CC(=O)SCC=Cc1ccc(C#N)c(Cl)c1. The normalized spacial score (nSPS) is 10.3. The van der Waals surface area contributed by atoms with Gasteiger partial charge in [0.2, 0.25) is 0 Å². The molecule has 0 bridgehead atoms. The van der Waals surface area contributed by atoms with Gasteiger partial charge in [0.25, 0.3) is 0 Å². The van der Waals surface area contributed by atoms with Crippen LogP contribution in [0.5, 0.6) is 0 Å². The Bertz CT molecular complexity index is 463. The zero-order valence-corrected chi connectivity index (χ0v) is 10.3. The number of halogens is 1. The minimum atomic E-state index is 0.0995. The molecule has 0 saturated heterocycles. The van der Waals surface area contributed by atoms with Crippen LogP contribution in [0.2, 0.25) is 5.02 Å². The van der Waals surface area contributed by atoms with Crippen molar-refractivity contribution in [2.75, 3.05) is 5.75 Å². The summed E-state index contributed by atoms with van der Waals surface area (Å²) in [6.45, 7) is 1.54. The Labute approximate surface area is 104 Å². The molecule has 0 N–H and O–H groups in total. The second kappa shape index (κ2) is 6.37. The summed E-state index contributed by atoms with van der Waals surface area (Å²) in [5, 5.41) is 9.24. The van der Waals surface area contributed by atoms with E-state index in [4.69, 9.17) is 16.9 Å². The Balaban J connectivity index is 2.65. The number of hydrogen-bond donors (Lipinski definition) is 0. The van der Waals surface area contributed by atoms with Gasteiger partial charge in [0.15, 0.2) is 5.12 Å². The molecule has 0 aliphatic carbocycles. The van der Waals surface area contributed by atoms with Crippen LogP contribution in [0.1, 0.15) is 18.1 Å². The molecule has 0 atom stereocenters. The summed E-state index contributed by atoms with van der Waals surface area (Å²) in [6, 6.07) is 7.23. The maximum absolute atomic E-state index is 10.7. The van der Waals surface area contributed by atoms with Crippen LogP contribution >= 0.6 is 23.4 Å². The van der Waals surface area contributed by atoms with Crippen LogP contribution in [0.4, 0.5) is 0 Å². The van der Waals surface area contributed by atoms with E-state index in [1.807, 2.05) is 24.3 Å². The van der Waals surface area contributed by atoms with Gasteiger partial charge in [0, 0.05) is 12.7 Å². The molecule has 0 heterocycles. The molecule has 16 heavy (non-hydrogen) atoms. The van der Waals surface area contributed by atoms with Crippen LogP contribution in [-0.2, 0) is 4.79 Å². The number of hydrogen-bond acceptors (Lipinski definition) is 3. The van der Waals surface area contributed by atoms with Gasteiger partial charge in [0.05, 0.1) is 10.6 Å². The Morgan fingerprint density at radius 3 is 2.94 bits per heavy atom. The average Bonchev–Trinajstić information content (AvgIpc) is 2.24. The number of nitriles is 1. The topological polar surface area (TPSA) is 40.9 Å². The lowest BCUT2D eigenvalue weighted by atomic mass is 10.1. The zero-order chi connectivity index (χ0) is 12.0. The Morgan fingerprint density at radius 2 is 2.38 bits per heavy atom. The van der Waals surface area contributed by atoms with Gasteiger partial charge in [-0.1, -0.05) is 41.6 Å². The first-order valence-corrected chi connectivity index (χ1v) is 5.99. The Morgan fingerprint density at radius 1 is 1.62 bits per heavy atom. The van der Waals surface area contributed by atoms with Crippen molar-refractivity contribution in [3.63, 3.8) is 0 Å². The highest BCUT2D eigenvalue weighted by Crippen LogP contribution is 2.18. The highest BCUT2D eigenvalue weighted by atomic mass is 35.5. The summed E-state index contributed by atoms with van der Waals surface area (Å²) in [6.07, 6.45) is 3.77. The van der Waals surface area contributed by atoms with E-state index in [9.17, 15) is 4.79 Å². The Hall–Kier alpha value is -1.24. The van der Waals surface area contributed by atoms with Crippen LogP contribution < -0.4 is 0 Å². The molecule has 0 aliphatic heterocycles. The third kappa shape index (κ3) is 4.09. The molecule has 1 rings (SSSR count). The molecule has 1 aromatic rings. The minimum Gasteiger partial charge on any atom is -0.288 e. The predicted octanol–water partition coefficient (Wildman–Crippen LogP) is 3.50. The van der Waals surface area contributed by atoms with E-state index in [1.54, 1.807) is 12.1 Å². The maximum Gasteiger partial charge on any atom is 0.186 e. The second-order valence-corrected chi connectivity index (χ2v) is 4.66. The summed E-state index contributed by atoms with van der Waals surface area (Å²) in [7, 11) is 0. The van der Waals surface area contributed by atoms with Gasteiger partial charge < -0.3 is 0 Å². The monoisotopic (exact) mass is 251 g/mol. The highest BCUT2D eigenvalue weighted by Gasteiger charge is 1.98. The first kappa shape index (κ1) is 12.8. The van der Waals surface area contributed by atoms with Gasteiger partial charge in [0.1, 0.15) is 6.07 Å². The lowest BCUT2D eigenvalue weighted by molar-refractivity contribution is -0.109. The van der Waals surface area contributed by atoms with Crippen molar-refractivity contribution in [2.45, 2.75) is 6.92 Å². The molecule has 0 fully saturated rings. The number of carbonyl (C=O) groups excluding carboxylic acids is 1. The van der Waals surface area contributed by atoms with Crippen LogP contribution in [0, 0.1) is 11.3 Å². The fraction of sp³-hybridized carbons (Fsp3) is 0.167. The molecular weight excluding hydrogens is 242 g/mol. The Kier molecular flexibility index (Phi) is 5.10. The van der Waals surface area contributed by atoms with Gasteiger partial charge >= 0.3 is 0 Å². The van der Waals surface area contributed by atoms with E-state index >= 15 is 0 Å². The summed E-state index contributed by atoms with van der Waals surface area (Å²) in [4.78, 5) is 10.7. The van der Waals surface area contributed by atoms with Gasteiger partial charge in [-0.2, -0.15) is 5.26 Å². The second-order valence-electron chi connectivity index (χ2n) is 3.06. The zero-order valence-electron chi connectivity index (χ0n) is 8.74. The van der Waals surface area contributed by atoms with Crippen molar-refractivity contribution in [3.05, 3.63) is 40.4 Å². The predicted molar refractivity (Wildman–Crippen MR) is 68.3 cm³/mol.